The number of aliphatic hydroxyl groups is 1. The number of ether oxygens (including phenoxy) is 1. The zero-order valence-electron chi connectivity index (χ0n) is 21.7. The molecule has 0 bridgehead atoms. The van der Waals surface area contributed by atoms with Crippen molar-refractivity contribution in [3.05, 3.63) is 53.9 Å². The van der Waals surface area contributed by atoms with Gasteiger partial charge in [0.25, 0.3) is 5.91 Å². The number of hydrogen-bond donors (Lipinski definition) is 6. The summed E-state index contributed by atoms with van der Waals surface area (Å²) in [5.74, 6) is 0.0727. The summed E-state index contributed by atoms with van der Waals surface area (Å²) in [5.41, 5.74) is 19.5. The van der Waals surface area contributed by atoms with E-state index < -0.39 is 5.91 Å². The summed E-state index contributed by atoms with van der Waals surface area (Å²) in [6, 6.07) is 5.89. The van der Waals surface area contributed by atoms with Crippen LogP contribution in [-0.2, 0) is 9.59 Å². The number of rotatable bonds is 13. The summed E-state index contributed by atoms with van der Waals surface area (Å²) in [6.07, 6.45) is 12.0. The summed E-state index contributed by atoms with van der Waals surface area (Å²) in [6.45, 7) is 0.229. The minimum absolute atomic E-state index is 0.0377. The Labute approximate surface area is 222 Å². The van der Waals surface area contributed by atoms with E-state index in [1.54, 1.807) is 13.2 Å². The average Bonchev–Trinajstić information content (AvgIpc) is 3.63. The third-order valence-corrected chi connectivity index (χ3v) is 7.17. The highest BCUT2D eigenvalue weighted by Crippen LogP contribution is 2.43. The lowest BCUT2D eigenvalue weighted by molar-refractivity contribution is -0.121. The maximum absolute atomic E-state index is 12.1. The number of hydrogen-bond acceptors (Lipinski definition) is 8. The molecule has 0 unspecified atom stereocenters. The molecule has 2 aliphatic rings. The van der Waals surface area contributed by atoms with E-state index in [-0.39, 0.29) is 35.6 Å². The van der Waals surface area contributed by atoms with Crippen LogP contribution in [0.2, 0.25) is 0 Å². The van der Waals surface area contributed by atoms with Gasteiger partial charge in [0.05, 0.1) is 30.7 Å². The molecule has 2 fully saturated rings. The number of benzene rings is 1. The second-order valence-electron chi connectivity index (χ2n) is 9.90. The van der Waals surface area contributed by atoms with Gasteiger partial charge in [-0.1, -0.05) is 18.6 Å². The molecule has 2 saturated carbocycles. The fourth-order valence-electron chi connectivity index (χ4n) is 4.74. The predicted octanol–water partition coefficient (Wildman–Crippen LogP) is 2.07. The number of nitrogens with two attached hydrogens (primary N) is 3. The number of aromatic nitrogens is 2. The minimum Gasteiger partial charge on any atom is -0.494 e. The summed E-state index contributed by atoms with van der Waals surface area (Å²) in [5, 5.41) is 19.4. The number of carbonyl (C=O) groups excluding carboxylic acids is 2. The van der Waals surface area contributed by atoms with Crippen molar-refractivity contribution in [2.45, 2.75) is 51.0 Å². The molecule has 2 aromatic rings. The topological polar surface area (TPSA) is 184 Å². The minimum atomic E-state index is -0.837. The van der Waals surface area contributed by atoms with E-state index in [4.69, 9.17) is 27.0 Å². The largest absolute Gasteiger partial charge is 0.494 e. The van der Waals surface area contributed by atoms with Gasteiger partial charge in [0, 0.05) is 35.9 Å². The number of amides is 2. The number of aliphatic hydroxyl groups excluding tert-OH is 1. The Kier molecular flexibility index (Phi) is 8.57. The van der Waals surface area contributed by atoms with Crippen molar-refractivity contribution < 1.29 is 19.4 Å². The van der Waals surface area contributed by atoms with E-state index in [9.17, 15) is 9.59 Å². The van der Waals surface area contributed by atoms with Crippen LogP contribution >= 0.6 is 0 Å². The molecule has 0 radical (unpaired) electrons. The van der Waals surface area contributed by atoms with Gasteiger partial charge in [-0.2, -0.15) is 5.10 Å². The molecule has 1 aromatic heterocycles. The van der Waals surface area contributed by atoms with E-state index in [0.29, 0.717) is 23.4 Å². The van der Waals surface area contributed by atoms with Crippen LogP contribution in [-0.4, -0.2) is 40.4 Å². The van der Waals surface area contributed by atoms with Crippen molar-refractivity contribution in [3.63, 3.8) is 0 Å². The Morgan fingerprint density at radius 1 is 1.18 bits per heavy atom. The van der Waals surface area contributed by atoms with Crippen molar-refractivity contribution in [1.82, 2.24) is 15.1 Å². The number of allylic oxidation sites excluding steroid dienone is 1. The highest BCUT2D eigenvalue weighted by Gasteiger charge is 2.32. The Balaban J connectivity index is 1.57. The van der Waals surface area contributed by atoms with Gasteiger partial charge in [0.2, 0.25) is 5.91 Å². The molecular formula is C27H37N7O4. The van der Waals surface area contributed by atoms with Gasteiger partial charge in [0.15, 0.2) is 0 Å². The van der Waals surface area contributed by atoms with E-state index in [1.165, 1.54) is 12.5 Å². The molecule has 1 heterocycles. The molecule has 2 amide bonds. The standard InChI is InChI=1S/C27H37N7O4/c1-38-25-19(18-14-31-34(15-18)22-11-10-16(22)5-2-3-12-35)6-4-7-20(25)32-21(24(29)26(30)36)13-23(28)33-27(37)17-8-9-17/h4,6-7,13-17,22,32,35H,2-3,5,8-12,28-29H2,1H3,(H2,30,36)(H,33,37)/b23-13+,24-21+/t16-,22+/m0/s1. The van der Waals surface area contributed by atoms with Crippen molar-refractivity contribution in [2.24, 2.45) is 29.0 Å². The number of unbranched alkanes of at least 4 members (excludes halogenated alkanes) is 1. The van der Waals surface area contributed by atoms with Crippen LogP contribution in [0.5, 0.6) is 5.75 Å². The van der Waals surface area contributed by atoms with Crippen molar-refractivity contribution in [1.29, 1.82) is 0 Å². The Morgan fingerprint density at radius 3 is 2.61 bits per heavy atom. The zero-order chi connectivity index (χ0) is 27.2. The lowest BCUT2D eigenvalue weighted by Crippen LogP contribution is -2.30. The van der Waals surface area contributed by atoms with Crippen molar-refractivity contribution in [2.75, 3.05) is 19.0 Å². The zero-order valence-corrected chi connectivity index (χ0v) is 21.7. The average molecular weight is 524 g/mol. The number of para-hydroxylation sites is 1. The lowest BCUT2D eigenvalue weighted by atomic mass is 9.76. The third kappa shape index (κ3) is 6.28. The number of nitrogens with one attached hydrogen (secondary N) is 2. The maximum atomic E-state index is 12.1. The summed E-state index contributed by atoms with van der Waals surface area (Å²) in [4.78, 5) is 24.0. The van der Waals surface area contributed by atoms with Crippen LogP contribution in [0.4, 0.5) is 5.69 Å². The molecule has 2 atom stereocenters. The van der Waals surface area contributed by atoms with E-state index in [1.807, 2.05) is 29.2 Å². The van der Waals surface area contributed by atoms with Gasteiger partial charge in [0.1, 0.15) is 17.3 Å². The number of anilines is 1. The normalized spacial score (nSPS) is 19.8. The van der Waals surface area contributed by atoms with Crippen molar-refractivity contribution in [3.8, 4) is 16.9 Å². The lowest BCUT2D eigenvalue weighted by Gasteiger charge is -2.36. The Bertz CT molecular complexity index is 1230. The van der Waals surface area contributed by atoms with Crippen LogP contribution in [0.15, 0.2) is 53.9 Å². The highest BCUT2D eigenvalue weighted by atomic mass is 16.5. The quantitative estimate of drug-likeness (QED) is 0.131. The molecule has 204 valence electrons. The summed E-state index contributed by atoms with van der Waals surface area (Å²) in [7, 11) is 1.55. The van der Waals surface area contributed by atoms with E-state index in [0.717, 1.165) is 49.7 Å². The van der Waals surface area contributed by atoms with Crippen LogP contribution in [0, 0.1) is 11.8 Å². The first-order valence-electron chi connectivity index (χ1n) is 13.0. The molecule has 9 N–H and O–H groups in total. The van der Waals surface area contributed by atoms with Gasteiger partial charge >= 0.3 is 0 Å². The first-order chi connectivity index (χ1) is 18.3. The second kappa shape index (κ2) is 12.0. The monoisotopic (exact) mass is 523 g/mol. The molecule has 0 spiro atoms. The molecule has 11 nitrogen and oxygen atoms in total. The smallest absolute Gasteiger partial charge is 0.266 e. The van der Waals surface area contributed by atoms with Gasteiger partial charge in [-0.05, 0) is 50.5 Å². The molecule has 2 aliphatic carbocycles. The molecule has 4 rings (SSSR count). The van der Waals surface area contributed by atoms with Gasteiger partial charge in [-0.3, -0.25) is 14.3 Å². The fraction of sp³-hybridized carbons (Fsp3) is 0.444. The maximum Gasteiger partial charge on any atom is 0.266 e. The first kappa shape index (κ1) is 27.1. The molecular weight excluding hydrogens is 486 g/mol. The van der Waals surface area contributed by atoms with Crippen LogP contribution in [0.25, 0.3) is 11.1 Å². The second-order valence-corrected chi connectivity index (χ2v) is 9.90. The molecule has 0 aliphatic heterocycles. The van der Waals surface area contributed by atoms with Crippen LogP contribution in [0.3, 0.4) is 0 Å². The predicted molar refractivity (Wildman–Crippen MR) is 144 cm³/mol. The number of nitrogens with zero attached hydrogens (tertiary/aromatic N) is 2. The Morgan fingerprint density at radius 2 is 1.97 bits per heavy atom. The molecule has 11 heteroatoms. The van der Waals surface area contributed by atoms with Crippen LogP contribution in [0.1, 0.15) is 51.0 Å². The molecule has 1 aromatic carbocycles. The van der Waals surface area contributed by atoms with Gasteiger partial charge in [-0.25, -0.2) is 0 Å². The van der Waals surface area contributed by atoms with Gasteiger partial charge < -0.3 is 37.7 Å². The third-order valence-electron chi connectivity index (χ3n) is 7.17. The molecule has 0 saturated heterocycles. The van der Waals surface area contributed by atoms with Crippen molar-refractivity contribution >= 4 is 17.5 Å². The van der Waals surface area contributed by atoms with E-state index in [2.05, 4.69) is 15.7 Å². The van der Waals surface area contributed by atoms with Crippen LogP contribution < -0.4 is 32.6 Å². The number of methoxy groups -OCH3 is 1. The van der Waals surface area contributed by atoms with E-state index >= 15 is 0 Å². The van der Waals surface area contributed by atoms with Gasteiger partial charge in [-0.15, -0.1) is 0 Å². The molecule has 38 heavy (non-hydrogen) atoms. The summed E-state index contributed by atoms with van der Waals surface area (Å²) < 4.78 is 7.77. The first-order valence-corrected chi connectivity index (χ1v) is 13.0. The number of carbonyl (C=O) groups is 2. The SMILES string of the molecule is COc1c(NC(/C=C(\N)NC(=O)C2CC2)=C(/N)C(N)=O)cccc1-c1cnn([C@@H]2CC[C@@H]2CCCCO)c1. The summed E-state index contributed by atoms with van der Waals surface area (Å²) >= 11 is 0. The highest BCUT2D eigenvalue weighted by molar-refractivity contribution is 5.93. The fourth-order valence-corrected chi connectivity index (χ4v) is 4.74. The number of primary amides is 1. The Hall–Kier alpha value is -3.99.